The van der Waals surface area contributed by atoms with E-state index in [-0.39, 0.29) is 0 Å². The van der Waals surface area contributed by atoms with Gasteiger partial charge in [-0.2, -0.15) is 0 Å². The van der Waals surface area contributed by atoms with Crippen molar-refractivity contribution in [2.45, 2.75) is 12.6 Å². The minimum atomic E-state index is -0.793. The Bertz CT molecular complexity index is 324. The lowest BCUT2D eigenvalue weighted by molar-refractivity contribution is 0.365. The van der Waals surface area contributed by atoms with Crippen molar-refractivity contribution in [3.63, 3.8) is 0 Å². The zero-order valence-corrected chi connectivity index (χ0v) is 7.69. The average molecular weight is 198 g/mol. The molecule has 0 radical (unpaired) electrons. The Hall–Kier alpha value is -1.00. The Morgan fingerprint density at radius 3 is 2.64 bits per heavy atom. The molecular formula is C10H12F2N2. The summed E-state index contributed by atoms with van der Waals surface area (Å²) in [6.45, 7) is 2.48. The average Bonchev–Trinajstić information content (AvgIpc) is 2.08. The first-order valence-corrected chi connectivity index (χ1v) is 4.64. The molecule has 4 heteroatoms. The van der Waals surface area contributed by atoms with Crippen molar-refractivity contribution in [3.8, 4) is 0 Å². The fourth-order valence-electron chi connectivity index (χ4n) is 1.34. The lowest BCUT2D eigenvalue weighted by Gasteiger charge is -2.28. The maximum atomic E-state index is 12.8. The van der Waals surface area contributed by atoms with E-state index in [9.17, 15) is 8.78 Å². The molecule has 14 heavy (non-hydrogen) atoms. The standard InChI is InChI=1S/C10H12F2N2/c11-9-2-1-7(3-10(9)12)4-14-8-5-13-6-8/h1-3,8,13-14H,4-6H2. The molecule has 1 fully saturated rings. The van der Waals surface area contributed by atoms with Gasteiger partial charge in [-0.05, 0) is 17.7 Å². The van der Waals surface area contributed by atoms with Gasteiger partial charge in [-0.15, -0.1) is 0 Å². The number of halogens is 2. The SMILES string of the molecule is Fc1ccc(CNC2CNC2)cc1F. The Labute approximate surface area is 81.3 Å². The van der Waals surface area contributed by atoms with E-state index < -0.39 is 11.6 Å². The molecule has 0 bridgehead atoms. The summed E-state index contributed by atoms with van der Waals surface area (Å²) < 4.78 is 25.4. The van der Waals surface area contributed by atoms with Crippen LogP contribution < -0.4 is 10.6 Å². The minimum absolute atomic E-state index is 0.461. The van der Waals surface area contributed by atoms with Crippen molar-refractivity contribution in [2.24, 2.45) is 0 Å². The topological polar surface area (TPSA) is 24.1 Å². The van der Waals surface area contributed by atoms with E-state index in [2.05, 4.69) is 10.6 Å². The fraction of sp³-hybridized carbons (Fsp3) is 0.400. The van der Waals surface area contributed by atoms with Crippen LogP contribution in [0.5, 0.6) is 0 Å². The van der Waals surface area contributed by atoms with Gasteiger partial charge in [0.05, 0.1) is 0 Å². The van der Waals surface area contributed by atoms with Crippen LogP contribution >= 0.6 is 0 Å². The normalized spacial score (nSPS) is 16.7. The first kappa shape index (κ1) is 9.55. The summed E-state index contributed by atoms with van der Waals surface area (Å²) in [7, 11) is 0. The maximum absolute atomic E-state index is 12.8. The molecule has 2 rings (SSSR count). The van der Waals surface area contributed by atoms with Crippen molar-refractivity contribution < 1.29 is 8.78 Å². The molecule has 1 aliphatic heterocycles. The van der Waals surface area contributed by atoms with Gasteiger partial charge in [-0.3, -0.25) is 0 Å². The number of hydrogen-bond acceptors (Lipinski definition) is 2. The van der Waals surface area contributed by atoms with Crippen molar-refractivity contribution in [1.82, 2.24) is 10.6 Å². The molecule has 0 atom stereocenters. The molecule has 2 nitrogen and oxygen atoms in total. The van der Waals surface area contributed by atoms with Crippen molar-refractivity contribution in [3.05, 3.63) is 35.4 Å². The zero-order chi connectivity index (χ0) is 9.97. The third-order valence-corrected chi connectivity index (χ3v) is 2.36. The molecule has 0 unspecified atom stereocenters. The molecule has 76 valence electrons. The molecule has 0 spiro atoms. The van der Waals surface area contributed by atoms with Crippen LogP contribution in [0.3, 0.4) is 0 Å². The van der Waals surface area contributed by atoms with Crippen LogP contribution in [-0.4, -0.2) is 19.1 Å². The number of hydrogen-bond donors (Lipinski definition) is 2. The molecule has 0 aliphatic carbocycles. The molecule has 1 aromatic carbocycles. The summed E-state index contributed by atoms with van der Waals surface area (Å²) >= 11 is 0. The van der Waals surface area contributed by atoms with Gasteiger partial charge in [0, 0.05) is 25.7 Å². The van der Waals surface area contributed by atoms with Gasteiger partial charge in [0.25, 0.3) is 0 Å². The molecule has 0 saturated carbocycles. The van der Waals surface area contributed by atoms with Crippen LogP contribution in [0, 0.1) is 11.6 Å². The van der Waals surface area contributed by atoms with E-state index in [1.165, 1.54) is 6.07 Å². The van der Waals surface area contributed by atoms with Crippen LogP contribution in [0.25, 0.3) is 0 Å². The van der Waals surface area contributed by atoms with E-state index in [1.54, 1.807) is 6.07 Å². The second kappa shape index (κ2) is 4.02. The predicted octanol–water partition coefficient (Wildman–Crippen LogP) is 1.03. The van der Waals surface area contributed by atoms with Gasteiger partial charge in [-0.25, -0.2) is 8.78 Å². The van der Waals surface area contributed by atoms with Crippen molar-refractivity contribution in [2.75, 3.05) is 13.1 Å². The molecule has 1 heterocycles. The smallest absolute Gasteiger partial charge is 0.159 e. The molecule has 1 saturated heterocycles. The van der Waals surface area contributed by atoms with Gasteiger partial charge in [0.2, 0.25) is 0 Å². The third-order valence-electron chi connectivity index (χ3n) is 2.36. The van der Waals surface area contributed by atoms with Crippen molar-refractivity contribution >= 4 is 0 Å². The second-order valence-corrected chi connectivity index (χ2v) is 3.48. The summed E-state index contributed by atoms with van der Waals surface area (Å²) in [4.78, 5) is 0. The number of benzene rings is 1. The fourth-order valence-corrected chi connectivity index (χ4v) is 1.34. The van der Waals surface area contributed by atoms with Crippen LogP contribution in [0.2, 0.25) is 0 Å². The summed E-state index contributed by atoms with van der Waals surface area (Å²) in [6, 6.07) is 4.44. The quantitative estimate of drug-likeness (QED) is 0.758. The lowest BCUT2D eigenvalue weighted by Crippen LogP contribution is -2.54. The highest BCUT2D eigenvalue weighted by atomic mass is 19.2. The van der Waals surface area contributed by atoms with Crippen molar-refractivity contribution in [1.29, 1.82) is 0 Å². The highest BCUT2D eigenvalue weighted by Gasteiger charge is 2.15. The molecule has 0 aromatic heterocycles. The molecule has 0 amide bonds. The minimum Gasteiger partial charge on any atom is -0.314 e. The van der Waals surface area contributed by atoms with Gasteiger partial charge in [0.15, 0.2) is 11.6 Å². The Morgan fingerprint density at radius 2 is 2.07 bits per heavy atom. The largest absolute Gasteiger partial charge is 0.314 e. The van der Waals surface area contributed by atoms with Gasteiger partial charge >= 0.3 is 0 Å². The van der Waals surface area contributed by atoms with Crippen LogP contribution in [0.4, 0.5) is 8.78 Å². The Balaban J connectivity index is 1.91. The summed E-state index contributed by atoms with van der Waals surface area (Å²) in [5.41, 5.74) is 0.774. The van der Waals surface area contributed by atoms with Crippen LogP contribution in [-0.2, 0) is 6.54 Å². The second-order valence-electron chi connectivity index (χ2n) is 3.48. The van der Waals surface area contributed by atoms with E-state index in [4.69, 9.17) is 0 Å². The Kier molecular flexibility index (Phi) is 2.74. The molecule has 2 N–H and O–H groups in total. The summed E-state index contributed by atoms with van der Waals surface area (Å²) in [6.07, 6.45) is 0. The maximum Gasteiger partial charge on any atom is 0.159 e. The highest BCUT2D eigenvalue weighted by Crippen LogP contribution is 2.08. The molecule has 1 aliphatic rings. The van der Waals surface area contributed by atoms with E-state index in [0.29, 0.717) is 12.6 Å². The first-order valence-electron chi connectivity index (χ1n) is 4.64. The third kappa shape index (κ3) is 2.08. The monoisotopic (exact) mass is 198 g/mol. The molecular weight excluding hydrogens is 186 g/mol. The van der Waals surface area contributed by atoms with E-state index in [1.807, 2.05) is 0 Å². The van der Waals surface area contributed by atoms with Gasteiger partial charge < -0.3 is 10.6 Å². The number of nitrogens with one attached hydrogen (secondary N) is 2. The van der Waals surface area contributed by atoms with Gasteiger partial charge in [0.1, 0.15) is 0 Å². The summed E-state index contributed by atoms with van der Waals surface area (Å²) in [5, 5.41) is 6.35. The van der Waals surface area contributed by atoms with Crippen LogP contribution in [0.1, 0.15) is 5.56 Å². The summed E-state index contributed by atoms with van der Waals surface area (Å²) in [5.74, 6) is -1.57. The molecule has 1 aromatic rings. The lowest BCUT2D eigenvalue weighted by atomic mass is 10.1. The first-order chi connectivity index (χ1) is 6.75. The number of rotatable bonds is 3. The Morgan fingerprint density at radius 1 is 1.29 bits per heavy atom. The zero-order valence-electron chi connectivity index (χ0n) is 7.69. The van der Waals surface area contributed by atoms with E-state index in [0.717, 1.165) is 24.7 Å². The van der Waals surface area contributed by atoms with Crippen LogP contribution in [0.15, 0.2) is 18.2 Å². The predicted molar refractivity (Wildman–Crippen MR) is 49.9 cm³/mol. The highest BCUT2D eigenvalue weighted by molar-refractivity contribution is 5.17. The van der Waals surface area contributed by atoms with Gasteiger partial charge in [-0.1, -0.05) is 6.07 Å². The van der Waals surface area contributed by atoms with E-state index >= 15 is 0 Å².